The average Bonchev–Trinajstić information content (AvgIpc) is 2.28. The van der Waals surface area contributed by atoms with E-state index in [0.717, 1.165) is 0 Å². The fourth-order valence-electron chi connectivity index (χ4n) is 2.59. The molecule has 0 aliphatic carbocycles. The fraction of sp³-hybridized carbons (Fsp3) is 0.562. The molecule has 0 spiro atoms. The molecule has 1 N–H and O–H groups in total. The summed E-state index contributed by atoms with van der Waals surface area (Å²) in [6, 6.07) is 6.70. The molecule has 0 saturated carbocycles. The van der Waals surface area contributed by atoms with E-state index >= 15 is 0 Å². The lowest BCUT2D eigenvalue weighted by molar-refractivity contribution is -0.157. The van der Waals surface area contributed by atoms with Gasteiger partial charge < -0.3 is 9.84 Å². The molecule has 0 fully saturated rings. The second-order valence-electron chi connectivity index (χ2n) is 7.05. The SMILES string of the molecule is CC(C)(C)CC(C)(C)C(Cl)(Oc1ccccc1Cl)C(=O)O. The molecule has 1 unspecified atom stereocenters. The van der Waals surface area contributed by atoms with Crippen LogP contribution in [-0.4, -0.2) is 16.1 Å². The Labute approximate surface area is 136 Å². The summed E-state index contributed by atoms with van der Waals surface area (Å²) in [5.74, 6) is -0.961. The molecule has 0 radical (unpaired) electrons. The number of hydrogen-bond donors (Lipinski definition) is 1. The van der Waals surface area contributed by atoms with Crippen LogP contribution in [0.2, 0.25) is 5.02 Å². The largest absolute Gasteiger partial charge is 0.477 e. The molecule has 1 rings (SSSR count). The van der Waals surface area contributed by atoms with E-state index in [2.05, 4.69) is 0 Å². The van der Waals surface area contributed by atoms with Crippen molar-refractivity contribution in [1.82, 2.24) is 0 Å². The van der Waals surface area contributed by atoms with Crippen molar-refractivity contribution >= 4 is 29.2 Å². The number of carboxylic acid groups (broad SMARTS) is 1. The molecule has 0 saturated heterocycles. The minimum absolute atomic E-state index is 0.0943. The normalized spacial score (nSPS) is 15.4. The van der Waals surface area contributed by atoms with Crippen molar-refractivity contribution < 1.29 is 14.6 Å². The van der Waals surface area contributed by atoms with E-state index in [1.807, 2.05) is 20.8 Å². The van der Waals surface area contributed by atoms with Crippen molar-refractivity contribution in [3.63, 3.8) is 0 Å². The maximum atomic E-state index is 11.8. The number of aliphatic carboxylic acids is 1. The predicted octanol–water partition coefficient (Wildman–Crippen LogP) is 5.20. The number of carbonyl (C=O) groups is 1. The number of hydrogen-bond acceptors (Lipinski definition) is 2. The van der Waals surface area contributed by atoms with Crippen LogP contribution >= 0.6 is 23.2 Å². The molecule has 0 aliphatic rings. The topological polar surface area (TPSA) is 46.5 Å². The van der Waals surface area contributed by atoms with E-state index in [4.69, 9.17) is 27.9 Å². The standard InChI is InChI=1S/C16H22Cl2O3/c1-14(2,3)10-15(4,5)16(18,13(19)20)21-12-9-7-6-8-11(12)17/h6-9H,10H2,1-5H3,(H,19,20). The molecule has 1 aromatic carbocycles. The van der Waals surface area contributed by atoms with Gasteiger partial charge >= 0.3 is 5.97 Å². The number of para-hydroxylation sites is 1. The van der Waals surface area contributed by atoms with Gasteiger partial charge in [0.2, 0.25) is 0 Å². The van der Waals surface area contributed by atoms with E-state index in [1.165, 1.54) is 0 Å². The van der Waals surface area contributed by atoms with Crippen LogP contribution in [0.15, 0.2) is 24.3 Å². The van der Waals surface area contributed by atoms with Crippen LogP contribution in [0.1, 0.15) is 41.0 Å². The molecule has 0 amide bonds. The highest BCUT2D eigenvalue weighted by Crippen LogP contribution is 2.47. The number of alkyl halides is 1. The van der Waals surface area contributed by atoms with Gasteiger partial charge in [-0.3, -0.25) is 0 Å². The number of ether oxygens (including phenoxy) is 1. The first-order chi connectivity index (χ1) is 9.39. The lowest BCUT2D eigenvalue weighted by Gasteiger charge is -2.42. The van der Waals surface area contributed by atoms with Gasteiger partial charge in [0.25, 0.3) is 5.06 Å². The van der Waals surface area contributed by atoms with E-state index < -0.39 is 16.4 Å². The molecule has 0 bridgehead atoms. The smallest absolute Gasteiger partial charge is 0.364 e. The van der Waals surface area contributed by atoms with Crippen LogP contribution < -0.4 is 4.74 Å². The van der Waals surface area contributed by atoms with E-state index in [9.17, 15) is 9.90 Å². The summed E-state index contributed by atoms with van der Waals surface area (Å²) in [5, 5.41) is 8.05. The minimum Gasteiger partial charge on any atom is -0.477 e. The number of halogens is 2. The van der Waals surface area contributed by atoms with E-state index in [1.54, 1.807) is 38.1 Å². The van der Waals surface area contributed by atoms with Gasteiger partial charge in [0.1, 0.15) is 5.75 Å². The first-order valence-corrected chi connectivity index (χ1v) is 7.50. The second kappa shape index (κ2) is 6.05. The van der Waals surface area contributed by atoms with Crippen molar-refractivity contribution in [1.29, 1.82) is 0 Å². The molecule has 0 aliphatic heterocycles. The lowest BCUT2D eigenvalue weighted by atomic mass is 9.72. The van der Waals surface area contributed by atoms with Gasteiger partial charge in [-0.15, -0.1) is 0 Å². The monoisotopic (exact) mass is 332 g/mol. The van der Waals surface area contributed by atoms with Crippen LogP contribution in [0, 0.1) is 10.8 Å². The predicted molar refractivity (Wildman–Crippen MR) is 86.2 cm³/mol. The Morgan fingerprint density at radius 2 is 1.71 bits per heavy atom. The molecule has 1 atom stereocenters. The van der Waals surface area contributed by atoms with Crippen molar-refractivity contribution in [2.75, 3.05) is 0 Å². The zero-order valence-electron chi connectivity index (χ0n) is 13.0. The average molecular weight is 333 g/mol. The molecular formula is C16H22Cl2O3. The third kappa shape index (κ3) is 4.27. The summed E-state index contributed by atoms with van der Waals surface area (Å²) in [7, 11) is 0. The lowest BCUT2D eigenvalue weighted by Crippen LogP contribution is -2.52. The van der Waals surface area contributed by atoms with Gasteiger partial charge in [-0.05, 0) is 24.0 Å². The van der Waals surface area contributed by atoms with E-state index in [-0.39, 0.29) is 11.2 Å². The van der Waals surface area contributed by atoms with Crippen LogP contribution in [0.25, 0.3) is 0 Å². The Kier molecular flexibility index (Phi) is 5.22. The second-order valence-corrected chi connectivity index (χ2v) is 7.99. The Hall–Kier alpha value is -0.930. The Bertz CT molecular complexity index is 520. The van der Waals surface area contributed by atoms with Crippen molar-refractivity contribution in [3.05, 3.63) is 29.3 Å². The van der Waals surface area contributed by atoms with Gasteiger partial charge in [0, 0.05) is 5.41 Å². The maximum absolute atomic E-state index is 11.8. The zero-order chi connectivity index (χ0) is 16.5. The minimum atomic E-state index is -1.90. The maximum Gasteiger partial charge on any atom is 0.364 e. The van der Waals surface area contributed by atoms with Gasteiger partial charge in [-0.2, -0.15) is 0 Å². The summed E-state index contributed by atoms with van der Waals surface area (Å²) in [5.41, 5.74) is -0.902. The van der Waals surface area contributed by atoms with Crippen LogP contribution in [0.5, 0.6) is 5.75 Å². The molecular weight excluding hydrogens is 311 g/mol. The van der Waals surface area contributed by atoms with Crippen LogP contribution in [0.4, 0.5) is 0 Å². The molecule has 118 valence electrons. The molecule has 1 aromatic rings. The van der Waals surface area contributed by atoms with E-state index in [0.29, 0.717) is 11.4 Å². The summed E-state index contributed by atoms with van der Waals surface area (Å²) in [6.45, 7) is 9.67. The Morgan fingerprint density at radius 3 is 2.14 bits per heavy atom. The van der Waals surface area contributed by atoms with Crippen LogP contribution in [0.3, 0.4) is 0 Å². The highest BCUT2D eigenvalue weighted by Gasteiger charge is 2.54. The third-order valence-corrected chi connectivity index (χ3v) is 4.27. The molecule has 0 heterocycles. The molecule has 0 aromatic heterocycles. The number of carboxylic acids is 1. The molecule has 3 nitrogen and oxygen atoms in total. The van der Waals surface area contributed by atoms with Crippen molar-refractivity contribution in [2.24, 2.45) is 10.8 Å². The molecule has 5 heteroatoms. The first kappa shape index (κ1) is 18.1. The quantitative estimate of drug-likeness (QED) is 0.753. The Balaban J connectivity index is 3.20. The Morgan fingerprint density at radius 1 is 1.19 bits per heavy atom. The third-order valence-electron chi connectivity index (χ3n) is 3.21. The van der Waals surface area contributed by atoms with Gasteiger partial charge in [0.05, 0.1) is 5.02 Å². The van der Waals surface area contributed by atoms with Crippen molar-refractivity contribution in [2.45, 2.75) is 46.1 Å². The van der Waals surface area contributed by atoms with Gasteiger partial charge in [-0.1, -0.05) is 70.0 Å². The van der Waals surface area contributed by atoms with Crippen molar-refractivity contribution in [3.8, 4) is 5.75 Å². The fourth-order valence-corrected chi connectivity index (χ4v) is 2.91. The van der Waals surface area contributed by atoms with Gasteiger partial charge in [0.15, 0.2) is 0 Å². The summed E-state index contributed by atoms with van der Waals surface area (Å²) < 4.78 is 5.64. The highest BCUT2D eigenvalue weighted by atomic mass is 35.5. The summed E-state index contributed by atoms with van der Waals surface area (Å²) in [4.78, 5) is 11.8. The summed E-state index contributed by atoms with van der Waals surface area (Å²) >= 11 is 12.4. The van der Waals surface area contributed by atoms with Gasteiger partial charge in [-0.25, -0.2) is 4.79 Å². The summed E-state index contributed by atoms with van der Waals surface area (Å²) in [6.07, 6.45) is 0.570. The molecule has 21 heavy (non-hydrogen) atoms. The highest BCUT2D eigenvalue weighted by molar-refractivity contribution is 6.34. The van der Waals surface area contributed by atoms with Crippen LogP contribution in [-0.2, 0) is 4.79 Å². The zero-order valence-corrected chi connectivity index (χ0v) is 14.5. The number of benzene rings is 1. The number of rotatable bonds is 5. The first-order valence-electron chi connectivity index (χ1n) is 6.75.